The molecule has 2 N–H and O–H groups in total. The van der Waals surface area contributed by atoms with Crippen molar-refractivity contribution < 1.29 is 9.63 Å². The topological polar surface area (TPSA) is 71.2 Å². The number of rotatable bonds is 2. The number of aromatic nitrogens is 2. The Bertz CT molecular complexity index is 579. The van der Waals surface area contributed by atoms with Crippen LogP contribution in [-0.2, 0) is 5.60 Å². The molecule has 0 unspecified atom stereocenters. The number of hydrogen-bond acceptors (Lipinski definition) is 5. The highest BCUT2D eigenvalue weighted by molar-refractivity contribution is 9.10. The average molecular weight is 324 g/mol. The van der Waals surface area contributed by atoms with Crippen molar-refractivity contribution in [3.05, 3.63) is 34.6 Å². The maximum Gasteiger partial charge on any atom is 0.259 e. The predicted octanol–water partition coefficient (Wildman–Crippen LogP) is 2.07. The molecule has 0 bridgehead atoms. The van der Waals surface area contributed by atoms with E-state index in [0.717, 1.165) is 23.1 Å². The highest BCUT2D eigenvalue weighted by Gasteiger charge is 2.37. The molecule has 1 fully saturated rings. The van der Waals surface area contributed by atoms with Gasteiger partial charge in [-0.25, -0.2) is 0 Å². The number of halogens is 1. The second kappa shape index (κ2) is 5.03. The van der Waals surface area contributed by atoms with Crippen molar-refractivity contribution in [3.8, 4) is 11.4 Å². The van der Waals surface area contributed by atoms with E-state index in [1.54, 1.807) is 0 Å². The first kappa shape index (κ1) is 12.8. The van der Waals surface area contributed by atoms with Crippen molar-refractivity contribution in [2.45, 2.75) is 18.4 Å². The van der Waals surface area contributed by atoms with Gasteiger partial charge in [-0.05, 0) is 38.1 Å². The minimum absolute atomic E-state index is 0.309. The molecule has 5 nitrogen and oxygen atoms in total. The first-order valence-corrected chi connectivity index (χ1v) is 7.00. The van der Waals surface area contributed by atoms with Crippen LogP contribution in [0.2, 0.25) is 0 Å². The van der Waals surface area contributed by atoms with E-state index in [2.05, 4.69) is 31.4 Å². The molecule has 0 radical (unpaired) electrons. The molecule has 100 valence electrons. The van der Waals surface area contributed by atoms with Crippen LogP contribution < -0.4 is 5.32 Å². The Morgan fingerprint density at radius 2 is 2.11 bits per heavy atom. The van der Waals surface area contributed by atoms with Crippen LogP contribution in [0.25, 0.3) is 11.4 Å². The minimum atomic E-state index is -0.998. The molecular formula is C13H14BrN3O2. The standard InChI is InChI=1S/C13H14BrN3O2/c14-10-3-1-2-9(8-10)11-16-12(19-17-11)13(18)4-6-15-7-5-13/h1-3,8,15,18H,4-7H2. The van der Waals surface area contributed by atoms with Crippen LogP contribution in [-0.4, -0.2) is 28.3 Å². The predicted molar refractivity (Wildman–Crippen MR) is 73.4 cm³/mol. The fraction of sp³-hybridized carbons (Fsp3) is 0.385. The number of nitrogens with zero attached hydrogens (tertiary/aromatic N) is 2. The maximum atomic E-state index is 10.5. The summed E-state index contributed by atoms with van der Waals surface area (Å²) in [7, 11) is 0. The fourth-order valence-corrected chi connectivity index (χ4v) is 2.61. The van der Waals surface area contributed by atoms with E-state index in [-0.39, 0.29) is 0 Å². The molecule has 0 amide bonds. The van der Waals surface area contributed by atoms with Gasteiger partial charge in [-0.1, -0.05) is 33.2 Å². The molecule has 1 aromatic carbocycles. The van der Waals surface area contributed by atoms with Gasteiger partial charge in [0.2, 0.25) is 5.82 Å². The van der Waals surface area contributed by atoms with Gasteiger partial charge in [-0.2, -0.15) is 4.98 Å². The van der Waals surface area contributed by atoms with Gasteiger partial charge in [-0.15, -0.1) is 0 Å². The average Bonchev–Trinajstić information content (AvgIpc) is 2.90. The zero-order chi connectivity index (χ0) is 13.3. The minimum Gasteiger partial charge on any atom is -0.380 e. The molecule has 0 aliphatic carbocycles. The largest absolute Gasteiger partial charge is 0.380 e. The number of benzene rings is 1. The van der Waals surface area contributed by atoms with Crippen LogP contribution in [0.1, 0.15) is 18.7 Å². The van der Waals surface area contributed by atoms with Gasteiger partial charge in [0.15, 0.2) is 0 Å². The van der Waals surface area contributed by atoms with Gasteiger partial charge in [0.05, 0.1) is 0 Å². The zero-order valence-corrected chi connectivity index (χ0v) is 11.9. The molecule has 1 saturated heterocycles. The molecule has 1 aliphatic rings. The molecule has 1 aliphatic heterocycles. The van der Waals surface area contributed by atoms with E-state index in [4.69, 9.17) is 4.52 Å². The maximum absolute atomic E-state index is 10.5. The summed E-state index contributed by atoms with van der Waals surface area (Å²) in [5.74, 6) is 0.812. The third-order valence-corrected chi connectivity index (χ3v) is 3.83. The lowest BCUT2D eigenvalue weighted by Gasteiger charge is -2.28. The van der Waals surface area contributed by atoms with E-state index >= 15 is 0 Å². The number of hydrogen-bond donors (Lipinski definition) is 2. The van der Waals surface area contributed by atoms with Gasteiger partial charge >= 0.3 is 0 Å². The molecule has 6 heteroatoms. The molecular weight excluding hydrogens is 310 g/mol. The SMILES string of the molecule is OC1(c2nc(-c3cccc(Br)c3)no2)CCNCC1. The summed E-state index contributed by atoms with van der Waals surface area (Å²) in [6, 6.07) is 7.67. The third kappa shape index (κ3) is 2.56. The Morgan fingerprint density at radius 3 is 2.84 bits per heavy atom. The van der Waals surface area contributed by atoms with E-state index in [0.29, 0.717) is 24.6 Å². The lowest BCUT2D eigenvalue weighted by molar-refractivity contribution is -0.0228. The molecule has 0 saturated carbocycles. The number of aliphatic hydroxyl groups is 1. The number of nitrogens with one attached hydrogen (secondary N) is 1. The van der Waals surface area contributed by atoms with Gasteiger partial charge < -0.3 is 14.9 Å². The Kier molecular flexibility index (Phi) is 3.38. The molecule has 2 aromatic rings. The fourth-order valence-electron chi connectivity index (χ4n) is 2.21. The second-order valence-electron chi connectivity index (χ2n) is 4.72. The Morgan fingerprint density at radius 1 is 1.32 bits per heavy atom. The zero-order valence-electron chi connectivity index (χ0n) is 10.3. The van der Waals surface area contributed by atoms with Gasteiger partial charge in [0.1, 0.15) is 5.60 Å². The highest BCUT2D eigenvalue weighted by Crippen LogP contribution is 2.30. The first-order valence-electron chi connectivity index (χ1n) is 6.21. The summed E-state index contributed by atoms with van der Waals surface area (Å²) >= 11 is 3.41. The van der Waals surface area contributed by atoms with Crippen LogP contribution in [0.15, 0.2) is 33.3 Å². The van der Waals surface area contributed by atoms with Crippen LogP contribution in [0.5, 0.6) is 0 Å². The molecule has 1 aromatic heterocycles. The summed E-state index contributed by atoms with van der Waals surface area (Å²) in [6.45, 7) is 1.51. The van der Waals surface area contributed by atoms with Crippen molar-refractivity contribution in [1.29, 1.82) is 0 Å². The van der Waals surface area contributed by atoms with E-state index in [1.165, 1.54) is 0 Å². The van der Waals surface area contributed by atoms with Crippen molar-refractivity contribution >= 4 is 15.9 Å². The molecule has 0 spiro atoms. The smallest absolute Gasteiger partial charge is 0.259 e. The Balaban J connectivity index is 1.91. The van der Waals surface area contributed by atoms with Crippen molar-refractivity contribution in [2.24, 2.45) is 0 Å². The van der Waals surface area contributed by atoms with Crippen LogP contribution in [0.4, 0.5) is 0 Å². The van der Waals surface area contributed by atoms with Crippen molar-refractivity contribution in [3.63, 3.8) is 0 Å². The quantitative estimate of drug-likeness (QED) is 0.885. The van der Waals surface area contributed by atoms with Gasteiger partial charge in [0.25, 0.3) is 5.89 Å². The van der Waals surface area contributed by atoms with Crippen molar-refractivity contribution in [2.75, 3.05) is 13.1 Å². The summed E-state index contributed by atoms with van der Waals surface area (Å²) in [6.07, 6.45) is 1.18. The van der Waals surface area contributed by atoms with Crippen LogP contribution >= 0.6 is 15.9 Å². The van der Waals surface area contributed by atoms with Crippen molar-refractivity contribution in [1.82, 2.24) is 15.5 Å². The molecule has 19 heavy (non-hydrogen) atoms. The Hall–Kier alpha value is -1.24. The third-order valence-electron chi connectivity index (χ3n) is 3.34. The monoisotopic (exact) mass is 323 g/mol. The molecule has 0 atom stereocenters. The Labute approximate surface area is 119 Å². The number of piperidine rings is 1. The van der Waals surface area contributed by atoms with E-state index in [9.17, 15) is 5.11 Å². The summed E-state index contributed by atoms with van der Waals surface area (Å²) in [5.41, 5.74) is -0.135. The first-order chi connectivity index (χ1) is 9.17. The molecule has 3 rings (SSSR count). The summed E-state index contributed by atoms with van der Waals surface area (Å²) in [4.78, 5) is 4.34. The van der Waals surface area contributed by atoms with Crippen LogP contribution in [0.3, 0.4) is 0 Å². The lowest BCUT2D eigenvalue weighted by atomic mass is 9.92. The van der Waals surface area contributed by atoms with Gasteiger partial charge in [0, 0.05) is 10.0 Å². The highest BCUT2D eigenvalue weighted by atomic mass is 79.9. The molecule has 2 heterocycles. The van der Waals surface area contributed by atoms with Crippen LogP contribution in [0, 0.1) is 0 Å². The van der Waals surface area contributed by atoms with E-state index in [1.807, 2.05) is 24.3 Å². The lowest BCUT2D eigenvalue weighted by Crippen LogP contribution is -2.39. The second-order valence-corrected chi connectivity index (χ2v) is 5.63. The summed E-state index contributed by atoms with van der Waals surface area (Å²) in [5, 5.41) is 17.7. The summed E-state index contributed by atoms with van der Waals surface area (Å²) < 4.78 is 6.20. The van der Waals surface area contributed by atoms with E-state index < -0.39 is 5.60 Å². The van der Waals surface area contributed by atoms with Gasteiger partial charge in [-0.3, -0.25) is 0 Å². The normalized spacial score (nSPS) is 18.4.